The number of amides is 5. The molecule has 5 amide bonds. The average molecular weight is 269 g/mol. The van der Waals surface area contributed by atoms with E-state index < -0.39 is 42.8 Å². The van der Waals surface area contributed by atoms with E-state index in [2.05, 4.69) is 6.58 Å². The number of carboxylic acids is 1. The van der Waals surface area contributed by atoms with Crippen molar-refractivity contribution in [2.24, 2.45) is 0 Å². The minimum Gasteiger partial charge on any atom is -0.480 e. The van der Waals surface area contributed by atoms with Crippen molar-refractivity contribution in [3.05, 3.63) is 12.7 Å². The van der Waals surface area contributed by atoms with Gasteiger partial charge in [-0.1, -0.05) is 6.08 Å². The second kappa shape index (κ2) is 5.76. The molecule has 1 fully saturated rings. The molecule has 1 aliphatic rings. The largest absolute Gasteiger partial charge is 0.480 e. The van der Waals surface area contributed by atoms with Crippen molar-refractivity contribution in [2.75, 3.05) is 19.6 Å². The van der Waals surface area contributed by atoms with Crippen LogP contribution in [0.1, 0.15) is 0 Å². The molecule has 9 nitrogen and oxygen atoms in total. The number of hydrogen-bond acceptors (Lipinski definition) is 5. The summed E-state index contributed by atoms with van der Waals surface area (Å²) in [5.41, 5.74) is 0. The zero-order valence-corrected chi connectivity index (χ0v) is 9.79. The van der Waals surface area contributed by atoms with Crippen LogP contribution in [0.2, 0.25) is 0 Å². The maximum atomic E-state index is 11.7. The number of nitrogens with zero attached hydrogens (tertiary/aromatic N) is 2. The Bertz CT molecular complexity index is 472. The number of rotatable bonds is 6. The van der Waals surface area contributed by atoms with Crippen LogP contribution in [-0.4, -0.2) is 64.3 Å². The van der Waals surface area contributed by atoms with Gasteiger partial charge in [0.2, 0.25) is 5.91 Å². The molecular formula is C10H11N3O6. The van der Waals surface area contributed by atoms with Crippen molar-refractivity contribution < 1.29 is 29.1 Å². The Balaban J connectivity index is 2.68. The molecule has 1 aliphatic heterocycles. The maximum Gasteiger partial charge on any atom is 0.335 e. The highest BCUT2D eigenvalue weighted by atomic mass is 16.4. The Morgan fingerprint density at radius 3 is 2.32 bits per heavy atom. The molecule has 0 unspecified atom stereocenters. The molecule has 0 aromatic carbocycles. The van der Waals surface area contributed by atoms with Gasteiger partial charge in [-0.3, -0.25) is 24.1 Å². The molecule has 2 N–H and O–H groups in total. The van der Waals surface area contributed by atoms with Crippen molar-refractivity contribution in [1.82, 2.24) is 15.1 Å². The summed E-state index contributed by atoms with van der Waals surface area (Å²) in [4.78, 5) is 57.1. The maximum absolute atomic E-state index is 11.7. The molecule has 0 aromatic rings. The first-order valence-electron chi connectivity index (χ1n) is 5.15. The van der Waals surface area contributed by atoms with Gasteiger partial charge < -0.3 is 10.4 Å². The predicted octanol–water partition coefficient (Wildman–Crippen LogP) is -1.84. The highest BCUT2D eigenvalue weighted by Crippen LogP contribution is 2.11. The molecule has 0 aliphatic carbocycles. The molecule has 19 heavy (non-hydrogen) atoms. The van der Waals surface area contributed by atoms with Crippen LogP contribution in [0.3, 0.4) is 0 Å². The van der Waals surface area contributed by atoms with E-state index in [4.69, 9.17) is 5.11 Å². The lowest BCUT2D eigenvalue weighted by Gasteiger charge is -2.13. The fourth-order valence-electron chi connectivity index (χ4n) is 1.35. The zero-order valence-electron chi connectivity index (χ0n) is 9.79. The molecule has 0 spiro atoms. The van der Waals surface area contributed by atoms with Crippen LogP contribution in [0, 0.1) is 0 Å². The lowest BCUT2D eigenvalue weighted by Crippen LogP contribution is -2.42. The van der Waals surface area contributed by atoms with Gasteiger partial charge in [0, 0.05) is 6.54 Å². The summed E-state index contributed by atoms with van der Waals surface area (Å²) in [6, 6.07) is -0.930. The van der Waals surface area contributed by atoms with E-state index in [1.54, 1.807) is 0 Å². The average Bonchev–Trinajstić information content (AvgIpc) is 2.54. The Hall–Kier alpha value is -2.71. The Kier molecular flexibility index (Phi) is 4.35. The number of imide groups is 2. The van der Waals surface area contributed by atoms with E-state index in [-0.39, 0.29) is 6.54 Å². The van der Waals surface area contributed by atoms with Crippen LogP contribution in [0.4, 0.5) is 4.79 Å². The summed E-state index contributed by atoms with van der Waals surface area (Å²) in [7, 11) is 0. The number of aliphatic carboxylic acids is 1. The quantitative estimate of drug-likeness (QED) is 0.332. The molecule has 0 atom stereocenters. The summed E-state index contributed by atoms with van der Waals surface area (Å²) < 4.78 is 0. The third-order valence-electron chi connectivity index (χ3n) is 2.19. The topological polar surface area (TPSA) is 124 Å². The van der Waals surface area contributed by atoms with Gasteiger partial charge in [0.25, 0.3) is 0 Å². The van der Waals surface area contributed by atoms with E-state index >= 15 is 0 Å². The predicted molar refractivity (Wildman–Crippen MR) is 59.7 cm³/mol. The molecule has 9 heteroatoms. The van der Waals surface area contributed by atoms with Gasteiger partial charge in [-0.05, 0) is 0 Å². The summed E-state index contributed by atoms with van der Waals surface area (Å²) in [6.07, 6.45) is 1.26. The van der Waals surface area contributed by atoms with E-state index in [9.17, 15) is 24.0 Å². The number of nitrogens with one attached hydrogen (secondary N) is 1. The van der Waals surface area contributed by atoms with Crippen molar-refractivity contribution >= 4 is 29.7 Å². The summed E-state index contributed by atoms with van der Waals surface area (Å²) in [5.74, 6) is -4.29. The monoisotopic (exact) mass is 269 g/mol. The van der Waals surface area contributed by atoms with Gasteiger partial charge in [0.15, 0.2) is 0 Å². The molecule has 0 radical (unpaired) electrons. The first kappa shape index (κ1) is 14.4. The van der Waals surface area contributed by atoms with Crippen LogP contribution < -0.4 is 5.32 Å². The number of hydrogen-bond donors (Lipinski definition) is 2. The molecule has 0 saturated carbocycles. The minimum absolute atomic E-state index is 0.142. The zero-order chi connectivity index (χ0) is 14.6. The Morgan fingerprint density at radius 1 is 1.21 bits per heavy atom. The van der Waals surface area contributed by atoms with E-state index in [1.807, 2.05) is 5.32 Å². The third kappa shape index (κ3) is 3.15. The SMILES string of the molecule is C=CCN1C(=O)C(=O)N(CC(=O)NCC(=O)O)C1=O. The number of carbonyl (C=O) groups is 5. The van der Waals surface area contributed by atoms with Crippen LogP contribution in [0.25, 0.3) is 0 Å². The van der Waals surface area contributed by atoms with Gasteiger partial charge in [-0.25, -0.2) is 9.69 Å². The van der Waals surface area contributed by atoms with E-state index in [0.29, 0.717) is 9.80 Å². The van der Waals surface area contributed by atoms with E-state index in [1.165, 1.54) is 6.08 Å². The lowest BCUT2D eigenvalue weighted by atomic mass is 10.4. The van der Waals surface area contributed by atoms with Crippen molar-refractivity contribution in [3.63, 3.8) is 0 Å². The van der Waals surface area contributed by atoms with Crippen molar-refractivity contribution in [1.29, 1.82) is 0 Å². The molecule has 0 aromatic heterocycles. The van der Waals surface area contributed by atoms with Gasteiger partial charge in [-0.15, -0.1) is 6.58 Å². The standard InChI is InChI=1S/C10H11N3O6/c1-2-3-12-8(17)9(18)13(10(12)19)5-6(14)11-4-7(15)16/h2H,1,3-5H2,(H,11,14)(H,15,16). The lowest BCUT2D eigenvalue weighted by molar-refractivity contribution is -0.144. The first-order chi connectivity index (χ1) is 8.88. The van der Waals surface area contributed by atoms with Gasteiger partial charge >= 0.3 is 23.8 Å². The second-order valence-corrected chi connectivity index (χ2v) is 3.55. The minimum atomic E-state index is -1.27. The van der Waals surface area contributed by atoms with Crippen LogP contribution in [0.5, 0.6) is 0 Å². The van der Waals surface area contributed by atoms with Crippen LogP contribution in [-0.2, 0) is 19.2 Å². The van der Waals surface area contributed by atoms with Gasteiger partial charge in [-0.2, -0.15) is 0 Å². The third-order valence-corrected chi connectivity index (χ3v) is 2.19. The highest BCUT2D eigenvalue weighted by molar-refractivity contribution is 6.45. The summed E-state index contributed by atoms with van der Waals surface area (Å²) >= 11 is 0. The molecule has 1 heterocycles. The van der Waals surface area contributed by atoms with Crippen molar-refractivity contribution in [2.45, 2.75) is 0 Å². The smallest absolute Gasteiger partial charge is 0.335 e. The molecular weight excluding hydrogens is 258 g/mol. The number of carbonyl (C=O) groups excluding carboxylic acids is 4. The van der Waals surface area contributed by atoms with E-state index in [0.717, 1.165) is 0 Å². The normalized spacial score (nSPS) is 14.8. The van der Waals surface area contributed by atoms with Gasteiger partial charge in [0.1, 0.15) is 13.1 Å². The molecule has 102 valence electrons. The molecule has 1 saturated heterocycles. The van der Waals surface area contributed by atoms with Gasteiger partial charge in [0.05, 0.1) is 0 Å². The highest BCUT2D eigenvalue weighted by Gasteiger charge is 2.44. The second-order valence-electron chi connectivity index (χ2n) is 3.55. The summed E-state index contributed by atoms with van der Waals surface area (Å²) in [6.45, 7) is 1.85. The number of urea groups is 1. The van der Waals surface area contributed by atoms with Crippen LogP contribution >= 0.6 is 0 Å². The number of carboxylic acid groups (broad SMARTS) is 1. The molecule has 0 bridgehead atoms. The summed E-state index contributed by atoms with van der Waals surface area (Å²) in [5, 5.41) is 10.3. The fourth-order valence-corrected chi connectivity index (χ4v) is 1.35. The molecule has 1 rings (SSSR count). The first-order valence-corrected chi connectivity index (χ1v) is 5.15. The fraction of sp³-hybridized carbons (Fsp3) is 0.300. The Morgan fingerprint density at radius 2 is 1.79 bits per heavy atom. The van der Waals surface area contributed by atoms with Crippen LogP contribution in [0.15, 0.2) is 12.7 Å². The Labute approximate surface area is 107 Å². The van der Waals surface area contributed by atoms with Crippen molar-refractivity contribution in [3.8, 4) is 0 Å².